The highest BCUT2D eigenvalue weighted by molar-refractivity contribution is 5.79. The second kappa shape index (κ2) is 7.01. The summed E-state index contributed by atoms with van der Waals surface area (Å²) >= 11 is 0. The van der Waals surface area contributed by atoms with E-state index in [0.717, 1.165) is 31.2 Å². The highest BCUT2D eigenvalue weighted by Crippen LogP contribution is 2.41. The Labute approximate surface area is 149 Å². The Balaban J connectivity index is 1.45. The van der Waals surface area contributed by atoms with Crippen LogP contribution in [-0.4, -0.2) is 18.2 Å². The van der Waals surface area contributed by atoms with Gasteiger partial charge in [0.2, 0.25) is 0 Å². The van der Waals surface area contributed by atoms with Gasteiger partial charge in [-0.15, -0.1) is 0 Å². The second-order valence-corrected chi connectivity index (χ2v) is 7.11. The highest BCUT2D eigenvalue weighted by Gasteiger charge is 2.48. The Bertz CT molecular complexity index is 747. The molecule has 0 bridgehead atoms. The van der Waals surface area contributed by atoms with Crippen LogP contribution in [-0.2, 0) is 14.3 Å². The van der Waals surface area contributed by atoms with Crippen molar-refractivity contribution in [2.75, 3.05) is 0 Å². The summed E-state index contributed by atoms with van der Waals surface area (Å²) in [6.07, 6.45) is 5.03. The number of hydrogen-bond donors (Lipinski definition) is 0. The van der Waals surface area contributed by atoms with E-state index in [1.165, 1.54) is 23.1 Å². The second-order valence-electron chi connectivity index (χ2n) is 7.11. The molecule has 2 aromatic carbocycles. The molecule has 2 atom stereocenters. The summed E-state index contributed by atoms with van der Waals surface area (Å²) in [5.74, 6) is -0.196. The molecule has 2 fully saturated rings. The van der Waals surface area contributed by atoms with E-state index < -0.39 is 6.10 Å². The molecule has 0 radical (unpaired) electrons. The molecule has 0 spiro atoms. The number of aryl methyl sites for hydroxylation is 1. The van der Waals surface area contributed by atoms with Crippen molar-refractivity contribution in [1.29, 1.82) is 0 Å². The molecule has 2 unspecified atom stereocenters. The molecule has 3 heteroatoms. The van der Waals surface area contributed by atoms with Gasteiger partial charge in [-0.25, -0.2) is 4.79 Å². The Morgan fingerprint density at radius 1 is 1.04 bits per heavy atom. The Kier molecular flexibility index (Phi) is 4.58. The van der Waals surface area contributed by atoms with E-state index in [9.17, 15) is 4.79 Å². The fourth-order valence-electron chi connectivity index (χ4n) is 3.70. The number of epoxide rings is 1. The molecule has 2 aromatic rings. The molecule has 1 aliphatic heterocycles. The lowest BCUT2D eigenvalue weighted by atomic mass is 9.96. The number of hydrogen-bond acceptors (Lipinski definition) is 3. The molecule has 2 aliphatic rings. The number of benzene rings is 2. The minimum absolute atomic E-state index is 0.0870. The third-order valence-electron chi connectivity index (χ3n) is 5.23. The third-order valence-corrected chi connectivity index (χ3v) is 5.23. The summed E-state index contributed by atoms with van der Waals surface area (Å²) < 4.78 is 11.3. The van der Waals surface area contributed by atoms with Gasteiger partial charge < -0.3 is 9.47 Å². The number of ether oxygens (including phenoxy) is 2. The molecule has 3 nitrogen and oxygen atoms in total. The monoisotopic (exact) mass is 336 g/mol. The van der Waals surface area contributed by atoms with Crippen molar-refractivity contribution in [3.8, 4) is 11.1 Å². The topological polar surface area (TPSA) is 38.8 Å². The first-order valence-electron chi connectivity index (χ1n) is 9.24. The summed E-state index contributed by atoms with van der Waals surface area (Å²) in [5, 5.41) is 0. The van der Waals surface area contributed by atoms with Gasteiger partial charge >= 0.3 is 5.97 Å². The quantitative estimate of drug-likeness (QED) is 0.584. The molecule has 130 valence electrons. The van der Waals surface area contributed by atoms with Crippen LogP contribution < -0.4 is 0 Å². The van der Waals surface area contributed by atoms with Gasteiger partial charge in [-0.1, -0.05) is 48.9 Å². The van der Waals surface area contributed by atoms with Crippen LogP contribution >= 0.6 is 0 Å². The fraction of sp³-hybridized carbons (Fsp3) is 0.409. The molecule has 4 rings (SSSR count). The number of carbonyl (C=O) groups excluding carboxylic acids is 1. The van der Waals surface area contributed by atoms with Crippen molar-refractivity contribution in [3.05, 3.63) is 59.7 Å². The minimum atomic E-state index is -0.437. The van der Waals surface area contributed by atoms with E-state index in [-0.39, 0.29) is 18.2 Å². The van der Waals surface area contributed by atoms with Crippen molar-refractivity contribution >= 4 is 5.97 Å². The predicted molar refractivity (Wildman–Crippen MR) is 97.2 cm³/mol. The molecule has 1 heterocycles. The fourth-order valence-corrected chi connectivity index (χ4v) is 3.70. The average Bonchev–Trinajstić information content (AvgIpc) is 3.45. The van der Waals surface area contributed by atoms with Crippen LogP contribution in [0.4, 0.5) is 0 Å². The molecule has 0 aromatic heterocycles. The highest BCUT2D eigenvalue weighted by atomic mass is 16.6. The molecular formula is C22H24O3. The number of rotatable bonds is 4. The van der Waals surface area contributed by atoms with E-state index in [1.807, 2.05) is 18.2 Å². The smallest absolute Gasteiger partial charge is 0.338 e. The Morgan fingerprint density at radius 2 is 1.80 bits per heavy atom. The van der Waals surface area contributed by atoms with Gasteiger partial charge in [-0.05, 0) is 60.9 Å². The molecule has 25 heavy (non-hydrogen) atoms. The van der Waals surface area contributed by atoms with Crippen LogP contribution in [0.15, 0.2) is 48.5 Å². The largest absolute Gasteiger partial charge is 0.460 e. The van der Waals surface area contributed by atoms with Crippen LogP contribution in [0.3, 0.4) is 0 Å². The third kappa shape index (κ3) is 3.62. The van der Waals surface area contributed by atoms with Crippen LogP contribution in [0.25, 0.3) is 11.1 Å². The minimum Gasteiger partial charge on any atom is -0.460 e. The van der Waals surface area contributed by atoms with Crippen LogP contribution in [0, 0.1) is 6.92 Å². The van der Waals surface area contributed by atoms with Crippen LogP contribution in [0.2, 0.25) is 0 Å². The van der Waals surface area contributed by atoms with Crippen molar-refractivity contribution in [3.63, 3.8) is 0 Å². The molecule has 1 saturated carbocycles. The standard InChI is InChI=1S/C22H24O3/c1-15-12-13-17(14-19(15)16-8-4-2-5-9-16)20-21(25-20)22(23)24-18-10-6-3-7-11-18/h2,4-5,8-9,12-14,18,20-21H,3,6-7,10-11H2,1H3. The predicted octanol–water partition coefficient (Wildman–Crippen LogP) is 4.98. The van der Waals surface area contributed by atoms with E-state index in [1.54, 1.807) is 0 Å². The van der Waals surface area contributed by atoms with E-state index >= 15 is 0 Å². The summed E-state index contributed by atoms with van der Waals surface area (Å²) in [7, 11) is 0. The molecular weight excluding hydrogens is 312 g/mol. The number of carbonyl (C=O) groups is 1. The van der Waals surface area contributed by atoms with Gasteiger partial charge in [0.05, 0.1) is 0 Å². The summed E-state index contributed by atoms with van der Waals surface area (Å²) in [5.41, 5.74) is 4.64. The van der Waals surface area contributed by atoms with E-state index in [2.05, 4.69) is 37.3 Å². The zero-order valence-corrected chi connectivity index (χ0v) is 14.6. The first-order valence-corrected chi connectivity index (χ1v) is 9.24. The van der Waals surface area contributed by atoms with E-state index in [4.69, 9.17) is 9.47 Å². The van der Waals surface area contributed by atoms with E-state index in [0.29, 0.717) is 0 Å². The zero-order valence-electron chi connectivity index (χ0n) is 14.6. The first kappa shape index (κ1) is 16.3. The maximum atomic E-state index is 12.3. The SMILES string of the molecule is Cc1ccc(C2OC2C(=O)OC2CCCCC2)cc1-c1ccccc1. The van der Waals surface area contributed by atoms with Crippen LogP contribution in [0.5, 0.6) is 0 Å². The molecule has 1 aliphatic carbocycles. The van der Waals surface area contributed by atoms with Crippen LogP contribution in [0.1, 0.15) is 49.3 Å². The number of esters is 1. The first-order chi connectivity index (χ1) is 12.2. The van der Waals surface area contributed by atoms with Gasteiger partial charge in [-0.3, -0.25) is 0 Å². The molecule has 1 saturated heterocycles. The average molecular weight is 336 g/mol. The lowest BCUT2D eigenvalue weighted by Crippen LogP contribution is -2.23. The van der Waals surface area contributed by atoms with Gasteiger partial charge in [0.1, 0.15) is 12.2 Å². The van der Waals surface area contributed by atoms with Gasteiger partial charge in [-0.2, -0.15) is 0 Å². The summed E-state index contributed by atoms with van der Waals surface area (Å²) in [6, 6.07) is 16.6. The summed E-state index contributed by atoms with van der Waals surface area (Å²) in [6.45, 7) is 2.11. The normalized spacial score (nSPS) is 23.2. The van der Waals surface area contributed by atoms with Gasteiger partial charge in [0.15, 0.2) is 6.10 Å². The Hall–Kier alpha value is -2.13. The van der Waals surface area contributed by atoms with Gasteiger partial charge in [0, 0.05) is 0 Å². The Morgan fingerprint density at radius 3 is 2.56 bits per heavy atom. The lowest BCUT2D eigenvalue weighted by molar-refractivity contribution is -0.152. The van der Waals surface area contributed by atoms with Gasteiger partial charge in [0.25, 0.3) is 0 Å². The molecule has 0 N–H and O–H groups in total. The summed E-state index contributed by atoms with van der Waals surface area (Å²) in [4.78, 5) is 12.3. The van der Waals surface area contributed by atoms with Crippen molar-refractivity contribution < 1.29 is 14.3 Å². The lowest BCUT2D eigenvalue weighted by Gasteiger charge is -2.21. The van der Waals surface area contributed by atoms with Crippen molar-refractivity contribution in [1.82, 2.24) is 0 Å². The molecule has 0 amide bonds. The maximum absolute atomic E-state index is 12.3. The maximum Gasteiger partial charge on any atom is 0.338 e. The van der Waals surface area contributed by atoms with Crippen molar-refractivity contribution in [2.24, 2.45) is 0 Å². The zero-order chi connectivity index (χ0) is 17.2. The van der Waals surface area contributed by atoms with Crippen molar-refractivity contribution in [2.45, 2.75) is 57.3 Å².